The van der Waals surface area contributed by atoms with Gasteiger partial charge in [-0.05, 0) is 31.4 Å². The van der Waals surface area contributed by atoms with Crippen molar-refractivity contribution in [2.24, 2.45) is 5.92 Å². The number of aliphatic hydroxyl groups excluding tert-OH is 2. The molecule has 0 amide bonds. The van der Waals surface area contributed by atoms with Crippen LogP contribution in [-0.4, -0.2) is 43.4 Å². The molecular weight excluding hydrogens is 362 g/mol. The minimum atomic E-state index is -0.852. The van der Waals surface area contributed by atoms with Crippen molar-refractivity contribution in [3.05, 3.63) is 30.0 Å². The van der Waals surface area contributed by atoms with Crippen molar-refractivity contribution < 1.29 is 10.2 Å². The minimum absolute atomic E-state index is 0.0590. The Hall–Kier alpha value is -2.29. The number of hydrogen-bond acceptors (Lipinski definition) is 8. The molecule has 7 nitrogen and oxygen atoms in total. The lowest BCUT2D eigenvalue weighted by atomic mass is 10.0. The molecule has 4 unspecified atom stereocenters. The normalized spacial score (nSPS) is 25.2. The number of aliphatic hydroxyl groups is 2. The van der Waals surface area contributed by atoms with Crippen LogP contribution in [0.3, 0.4) is 0 Å². The van der Waals surface area contributed by atoms with Gasteiger partial charge < -0.3 is 21.3 Å². The summed E-state index contributed by atoms with van der Waals surface area (Å²) in [6.07, 6.45) is -0.110. The van der Waals surface area contributed by atoms with Crippen LogP contribution in [0.25, 0.3) is 20.8 Å². The summed E-state index contributed by atoms with van der Waals surface area (Å²) in [6, 6.07) is 7.64. The first kappa shape index (κ1) is 18.1. The van der Waals surface area contributed by atoms with Gasteiger partial charge in [0, 0.05) is 0 Å². The number of anilines is 2. The highest BCUT2D eigenvalue weighted by Crippen LogP contribution is 2.38. The van der Waals surface area contributed by atoms with Crippen LogP contribution in [0.1, 0.15) is 25.5 Å². The number of hydrogen-bond donors (Lipinski definition) is 4. The third-order valence-electron chi connectivity index (χ3n) is 5.26. The molecular formula is C19H23N5O2S. The fraction of sp³-hybridized carbons (Fsp3) is 0.421. The van der Waals surface area contributed by atoms with Crippen molar-refractivity contribution in [2.75, 3.05) is 11.1 Å². The van der Waals surface area contributed by atoms with E-state index in [0.717, 1.165) is 32.9 Å². The number of nitrogens with zero attached hydrogens (tertiary/aromatic N) is 3. The highest BCUT2D eigenvalue weighted by molar-refractivity contribution is 7.21. The van der Waals surface area contributed by atoms with Gasteiger partial charge in [-0.25, -0.2) is 9.97 Å². The van der Waals surface area contributed by atoms with E-state index in [1.165, 1.54) is 0 Å². The van der Waals surface area contributed by atoms with Gasteiger partial charge in [0.25, 0.3) is 0 Å². The first-order valence-electron chi connectivity index (χ1n) is 9.10. The zero-order valence-electron chi connectivity index (χ0n) is 15.3. The molecule has 4 atom stereocenters. The van der Waals surface area contributed by atoms with E-state index in [0.29, 0.717) is 12.2 Å². The molecule has 0 bridgehead atoms. The summed E-state index contributed by atoms with van der Waals surface area (Å²) in [5, 5.41) is 24.8. The van der Waals surface area contributed by atoms with Gasteiger partial charge >= 0.3 is 0 Å². The number of aromatic nitrogens is 3. The number of thiazole rings is 1. The average molecular weight is 385 g/mol. The van der Waals surface area contributed by atoms with E-state index in [1.807, 2.05) is 38.1 Å². The Morgan fingerprint density at radius 3 is 2.67 bits per heavy atom. The first-order chi connectivity index (χ1) is 13.0. The molecule has 0 radical (unpaired) electrons. The maximum absolute atomic E-state index is 10.4. The van der Waals surface area contributed by atoms with Gasteiger partial charge in [0.2, 0.25) is 5.95 Å². The predicted octanol–water partition coefficient (Wildman–Crippen LogP) is 2.58. The Bertz CT molecular complexity index is 943. The summed E-state index contributed by atoms with van der Waals surface area (Å²) >= 11 is 1.57. The molecule has 4 rings (SSSR count). The zero-order valence-corrected chi connectivity index (χ0v) is 16.1. The molecule has 1 saturated carbocycles. The smallest absolute Gasteiger partial charge is 0.222 e. The molecule has 142 valence electrons. The van der Waals surface area contributed by atoms with Gasteiger partial charge in [0.1, 0.15) is 16.9 Å². The van der Waals surface area contributed by atoms with Crippen LogP contribution >= 0.6 is 11.3 Å². The van der Waals surface area contributed by atoms with Crippen LogP contribution in [0.4, 0.5) is 11.8 Å². The molecule has 2 aromatic heterocycles. The molecule has 1 aliphatic carbocycles. The second-order valence-electron chi connectivity index (χ2n) is 7.01. The van der Waals surface area contributed by atoms with Crippen molar-refractivity contribution in [2.45, 2.75) is 44.9 Å². The maximum Gasteiger partial charge on any atom is 0.222 e. The van der Waals surface area contributed by atoms with Crippen LogP contribution in [0, 0.1) is 12.8 Å². The summed E-state index contributed by atoms with van der Waals surface area (Å²) in [7, 11) is 0. The fourth-order valence-electron chi connectivity index (χ4n) is 3.78. The number of benzene rings is 1. The van der Waals surface area contributed by atoms with Crippen molar-refractivity contribution in [3.8, 4) is 10.6 Å². The largest absolute Gasteiger partial charge is 0.390 e. The Balaban J connectivity index is 1.75. The molecule has 0 spiro atoms. The third-order valence-corrected chi connectivity index (χ3v) is 6.32. The van der Waals surface area contributed by atoms with Crippen molar-refractivity contribution >= 4 is 33.3 Å². The molecule has 0 aliphatic heterocycles. The predicted molar refractivity (Wildman–Crippen MR) is 108 cm³/mol. The minimum Gasteiger partial charge on any atom is -0.390 e. The molecule has 8 heteroatoms. The number of nitrogens with two attached hydrogens (primary N) is 1. The van der Waals surface area contributed by atoms with Gasteiger partial charge in [-0.3, -0.25) is 0 Å². The van der Waals surface area contributed by atoms with E-state index in [1.54, 1.807) is 11.3 Å². The Morgan fingerprint density at radius 1 is 1.19 bits per heavy atom. The molecule has 2 heterocycles. The van der Waals surface area contributed by atoms with E-state index in [2.05, 4.69) is 15.3 Å². The number of rotatable bonds is 4. The van der Waals surface area contributed by atoms with Crippen LogP contribution in [-0.2, 0) is 0 Å². The van der Waals surface area contributed by atoms with E-state index < -0.39 is 12.2 Å². The van der Waals surface area contributed by atoms with Gasteiger partial charge in [-0.15, -0.1) is 11.3 Å². The Kier molecular flexibility index (Phi) is 4.71. The van der Waals surface area contributed by atoms with Crippen LogP contribution in [0.5, 0.6) is 0 Å². The Morgan fingerprint density at radius 2 is 1.96 bits per heavy atom. The third kappa shape index (κ3) is 3.24. The topological polar surface area (TPSA) is 117 Å². The summed E-state index contributed by atoms with van der Waals surface area (Å²) in [4.78, 5) is 13.4. The van der Waals surface area contributed by atoms with E-state index in [4.69, 9.17) is 10.7 Å². The summed E-state index contributed by atoms with van der Waals surface area (Å²) < 4.78 is 1.08. The lowest BCUT2D eigenvalue weighted by Crippen LogP contribution is -2.35. The highest BCUT2D eigenvalue weighted by atomic mass is 32.1. The molecule has 5 N–H and O–H groups in total. The van der Waals surface area contributed by atoms with Gasteiger partial charge in [0.05, 0.1) is 33.6 Å². The summed E-state index contributed by atoms with van der Waals surface area (Å²) in [5.41, 5.74) is 8.31. The van der Waals surface area contributed by atoms with E-state index in [-0.39, 0.29) is 17.9 Å². The van der Waals surface area contributed by atoms with E-state index in [9.17, 15) is 10.2 Å². The van der Waals surface area contributed by atoms with Gasteiger partial charge in [-0.2, -0.15) is 4.98 Å². The molecule has 1 fully saturated rings. The number of fused-ring (bicyclic) bond motifs is 1. The maximum atomic E-state index is 10.4. The molecule has 1 aromatic carbocycles. The van der Waals surface area contributed by atoms with Crippen molar-refractivity contribution in [1.82, 2.24) is 15.0 Å². The monoisotopic (exact) mass is 385 g/mol. The highest BCUT2D eigenvalue weighted by Gasteiger charge is 2.41. The SMILES string of the molecule is CCC1CC(Nc2nc(N)nc(C)c2-c2nc3ccccc3s2)C(O)C1O. The van der Waals surface area contributed by atoms with E-state index >= 15 is 0 Å². The number of para-hydroxylation sites is 1. The summed E-state index contributed by atoms with van der Waals surface area (Å²) in [5.74, 6) is 0.774. The first-order valence-corrected chi connectivity index (χ1v) is 9.92. The summed E-state index contributed by atoms with van der Waals surface area (Å²) in [6.45, 7) is 3.89. The van der Waals surface area contributed by atoms with Crippen LogP contribution < -0.4 is 11.1 Å². The van der Waals surface area contributed by atoms with Gasteiger partial charge in [0.15, 0.2) is 0 Å². The fourth-order valence-corrected chi connectivity index (χ4v) is 4.85. The second kappa shape index (κ2) is 7.03. The molecule has 0 saturated heterocycles. The molecule has 27 heavy (non-hydrogen) atoms. The standard InChI is InChI=1S/C19H23N5O2S/c1-3-10-8-12(16(26)15(10)25)22-17-14(9(2)21-19(20)24-17)18-23-11-6-4-5-7-13(11)27-18/h4-7,10,12,15-16,25-26H,3,8H2,1-2H3,(H3,20,21,22,24). The lowest BCUT2D eigenvalue weighted by Gasteiger charge is -2.20. The second-order valence-corrected chi connectivity index (χ2v) is 8.04. The zero-order chi connectivity index (χ0) is 19.1. The number of nitrogens with one attached hydrogen (secondary N) is 1. The molecule has 3 aromatic rings. The van der Waals surface area contributed by atoms with Crippen molar-refractivity contribution in [1.29, 1.82) is 0 Å². The number of nitrogen functional groups attached to an aromatic ring is 1. The average Bonchev–Trinajstić information content (AvgIpc) is 3.17. The Labute approximate surface area is 161 Å². The van der Waals surface area contributed by atoms with Crippen LogP contribution in [0.2, 0.25) is 0 Å². The molecule has 1 aliphatic rings. The van der Waals surface area contributed by atoms with Crippen molar-refractivity contribution in [3.63, 3.8) is 0 Å². The van der Waals surface area contributed by atoms with Gasteiger partial charge in [-0.1, -0.05) is 25.5 Å². The quantitative estimate of drug-likeness (QED) is 0.545. The lowest BCUT2D eigenvalue weighted by molar-refractivity contribution is 0.0167. The number of aryl methyl sites for hydroxylation is 1. The van der Waals surface area contributed by atoms with Crippen LogP contribution in [0.15, 0.2) is 24.3 Å².